The molecule has 1 atom stereocenters. The molecule has 0 aromatic carbocycles. The highest BCUT2D eigenvalue weighted by Gasteiger charge is 2.29. The van der Waals surface area contributed by atoms with Gasteiger partial charge in [0, 0.05) is 24.1 Å². The van der Waals surface area contributed by atoms with Crippen LogP contribution >= 0.6 is 11.3 Å². The number of ether oxygens (including phenoxy) is 1. The first-order valence-corrected chi connectivity index (χ1v) is 7.27. The number of carbonyl (C=O) groups excluding carboxylic acids is 1. The van der Waals surface area contributed by atoms with Crippen LogP contribution in [0.5, 0.6) is 0 Å². The Morgan fingerprint density at radius 3 is 3.16 bits per heavy atom. The minimum atomic E-state index is -0.212. The van der Waals surface area contributed by atoms with E-state index in [4.69, 9.17) is 9.84 Å². The summed E-state index contributed by atoms with van der Waals surface area (Å²) in [6.07, 6.45) is 5.32. The molecule has 0 radical (unpaired) electrons. The number of thiophene rings is 1. The molecule has 0 aliphatic carbocycles. The summed E-state index contributed by atoms with van der Waals surface area (Å²) in [5, 5.41) is 13.7. The second-order valence-corrected chi connectivity index (χ2v) is 5.91. The van der Waals surface area contributed by atoms with Crippen molar-refractivity contribution in [3.05, 3.63) is 28.0 Å². The van der Waals surface area contributed by atoms with Gasteiger partial charge in [0.25, 0.3) is 0 Å². The average Bonchev–Trinajstić information content (AvgIpc) is 3.03. The lowest BCUT2D eigenvalue weighted by atomic mass is 10.0. The Balaban J connectivity index is 1.80. The molecule has 1 unspecified atom stereocenters. The van der Waals surface area contributed by atoms with E-state index in [0.717, 1.165) is 29.9 Å². The molecule has 0 bridgehead atoms. The predicted molar refractivity (Wildman–Crippen MR) is 75.9 cm³/mol. The lowest BCUT2D eigenvalue weighted by Crippen LogP contribution is -2.39. The second-order valence-electron chi connectivity index (χ2n) is 4.97. The molecule has 0 saturated carbocycles. The number of nitrogens with one attached hydrogen (secondary N) is 1. The van der Waals surface area contributed by atoms with Gasteiger partial charge in [-0.05, 0) is 42.9 Å². The molecule has 0 spiro atoms. The van der Waals surface area contributed by atoms with Gasteiger partial charge in [0.1, 0.15) is 0 Å². The molecule has 104 valence electrons. The maximum atomic E-state index is 11.7. The van der Waals surface area contributed by atoms with E-state index < -0.39 is 0 Å². The van der Waals surface area contributed by atoms with Crippen molar-refractivity contribution in [3.63, 3.8) is 0 Å². The smallest absolute Gasteiger partial charge is 0.244 e. The highest BCUT2D eigenvalue weighted by molar-refractivity contribution is 7.11. The molecule has 1 fully saturated rings. The van der Waals surface area contributed by atoms with Crippen LogP contribution in [-0.2, 0) is 16.1 Å². The van der Waals surface area contributed by atoms with E-state index in [-0.39, 0.29) is 18.1 Å². The van der Waals surface area contributed by atoms with E-state index in [0.29, 0.717) is 6.54 Å². The van der Waals surface area contributed by atoms with E-state index in [1.807, 2.05) is 18.4 Å². The van der Waals surface area contributed by atoms with Crippen molar-refractivity contribution in [3.8, 4) is 0 Å². The molecule has 1 amide bonds. The van der Waals surface area contributed by atoms with Gasteiger partial charge in [-0.1, -0.05) is 0 Å². The van der Waals surface area contributed by atoms with Crippen molar-refractivity contribution >= 4 is 23.3 Å². The highest BCUT2D eigenvalue weighted by Crippen LogP contribution is 2.23. The molecular weight excluding hydrogens is 262 g/mol. The van der Waals surface area contributed by atoms with Gasteiger partial charge in [-0.15, -0.1) is 11.3 Å². The number of amides is 1. The lowest BCUT2D eigenvalue weighted by Gasteiger charge is -2.22. The Bertz CT molecular complexity index is 461. The molecule has 4 nitrogen and oxygen atoms in total. The third-order valence-electron chi connectivity index (χ3n) is 3.19. The molecule has 1 aliphatic heterocycles. The summed E-state index contributed by atoms with van der Waals surface area (Å²) in [4.78, 5) is 12.7. The number of aliphatic hydroxyl groups is 1. The Morgan fingerprint density at radius 2 is 2.53 bits per heavy atom. The number of carbonyl (C=O) groups is 1. The van der Waals surface area contributed by atoms with Crippen LogP contribution in [0.3, 0.4) is 0 Å². The molecule has 1 saturated heterocycles. The molecule has 1 aliphatic rings. The summed E-state index contributed by atoms with van der Waals surface area (Å²) in [6, 6.07) is 1.87. The SMILES string of the molecule is CC1(CNC(=O)C=Cc2cc(CO)cs2)CCCO1. The van der Waals surface area contributed by atoms with Crippen LogP contribution in [-0.4, -0.2) is 29.8 Å². The van der Waals surface area contributed by atoms with E-state index in [2.05, 4.69) is 5.32 Å². The van der Waals surface area contributed by atoms with Crippen LogP contribution in [0.2, 0.25) is 0 Å². The van der Waals surface area contributed by atoms with Gasteiger partial charge in [-0.25, -0.2) is 0 Å². The molecule has 1 aromatic rings. The summed E-state index contributed by atoms with van der Waals surface area (Å²) in [5.41, 5.74) is 0.660. The van der Waals surface area contributed by atoms with Crippen LogP contribution < -0.4 is 5.32 Å². The Hall–Kier alpha value is -1.17. The third-order valence-corrected chi connectivity index (χ3v) is 4.14. The fraction of sp³-hybridized carbons (Fsp3) is 0.500. The van der Waals surface area contributed by atoms with E-state index in [9.17, 15) is 4.79 Å². The van der Waals surface area contributed by atoms with Crippen molar-refractivity contribution in [1.82, 2.24) is 5.32 Å². The first kappa shape index (κ1) is 14.2. The van der Waals surface area contributed by atoms with E-state index in [1.54, 1.807) is 6.08 Å². The third kappa shape index (κ3) is 4.16. The summed E-state index contributed by atoms with van der Waals surface area (Å²) in [7, 11) is 0. The van der Waals surface area contributed by atoms with Gasteiger partial charge in [0.05, 0.1) is 12.2 Å². The molecule has 19 heavy (non-hydrogen) atoms. The predicted octanol–water partition coefficient (Wildman–Crippen LogP) is 1.94. The lowest BCUT2D eigenvalue weighted by molar-refractivity contribution is -0.117. The van der Waals surface area contributed by atoms with Crippen molar-refractivity contribution in [2.24, 2.45) is 0 Å². The second kappa shape index (κ2) is 6.32. The van der Waals surface area contributed by atoms with Crippen LogP contribution in [0, 0.1) is 0 Å². The highest BCUT2D eigenvalue weighted by atomic mass is 32.1. The van der Waals surface area contributed by atoms with Crippen LogP contribution in [0.1, 0.15) is 30.2 Å². The van der Waals surface area contributed by atoms with Gasteiger partial charge in [0.2, 0.25) is 5.91 Å². The standard InChI is InChI=1S/C14H19NO3S/c1-14(5-2-6-18-14)10-15-13(17)4-3-12-7-11(8-16)9-19-12/h3-4,7,9,16H,2,5-6,8,10H2,1H3,(H,15,17). The first-order valence-electron chi connectivity index (χ1n) is 6.39. The summed E-state index contributed by atoms with van der Waals surface area (Å²) in [5.74, 6) is -0.115. The van der Waals surface area contributed by atoms with Gasteiger partial charge >= 0.3 is 0 Å². The van der Waals surface area contributed by atoms with Crippen molar-refractivity contribution in [2.45, 2.75) is 32.0 Å². The molecule has 2 heterocycles. The Morgan fingerprint density at radius 1 is 1.68 bits per heavy atom. The Labute approximate surface area is 117 Å². The van der Waals surface area contributed by atoms with Crippen LogP contribution in [0.4, 0.5) is 0 Å². The molecule has 2 N–H and O–H groups in total. The molecule has 2 rings (SSSR count). The van der Waals surface area contributed by atoms with Gasteiger partial charge in [0.15, 0.2) is 0 Å². The zero-order chi connectivity index (χ0) is 13.7. The van der Waals surface area contributed by atoms with Gasteiger partial charge < -0.3 is 15.2 Å². The number of hydrogen-bond acceptors (Lipinski definition) is 4. The monoisotopic (exact) mass is 281 g/mol. The van der Waals surface area contributed by atoms with Gasteiger partial charge in [-0.2, -0.15) is 0 Å². The van der Waals surface area contributed by atoms with Crippen LogP contribution in [0.25, 0.3) is 6.08 Å². The fourth-order valence-corrected chi connectivity index (χ4v) is 2.83. The van der Waals surface area contributed by atoms with Crippen LogP contribution in [0.15, 0.2) is 17.5 Å². The largest absolute Gasteiger partial charge is 0.392 e. The summed E-state index contributed by atoms with van der Waals surface area (Å²) in [6.45, 7) is 3.38. The van der Waals surface area contributed by atoms with Crippen molar-refractivity contribution < 1.29 is 14.6 Å². The van der Waals surface area contributed by atoms with E-state index >= 15 is 0 Å². The summed E-state index contributed by atoms with van der Waals surface area (Å²) < 4.78 is 5.61. The maximum absolute atomic E-state index is 11.7. The van der Waals surface area contributed by atoms with Crippen molar-refractivity contribution in [2.75, 3.05) is 13.2 Å². The van der Waals surface area contributed by atoms with Gasteiger partial charge in [-0.3, -0.25) is 4.79 Å². The number of aliphatic hydroxyl groups excluding tert-OH is 1. The minimum absolute atomic E-state index is 0.0340. The van der Waals surface area contributed by atoms with Crippen molar-refractivity contribution in [1.29, 1.82) is 0 Å². The normalized spacial score (nSPS) is 23.1. The first-order chi connectivity index (χ1) is 9.11. The quantitative estimate of drug-likeness (QED) is 0.811. The Kier molecular flexibility index (Phi) is 4.74. The average molecular weight is 281 g/mol. The van der Waals surface area contributed by atoms with E-state index in [1.165, 1.54) is 17.4 Å². The fourth-order valence-electron chi connectivity index (χ4n) is 2.03. The molecular formula is C14H19NO3S. The number of rotatable bonds is 5. The molecule has 1 aromatic heterocycles. The minimum Gasteiger partial charge on any atom is -0.392 e. The maximum Gasteiger partial charge on any atom is 0.244 e. The number of hydrogen-bond donors (Lipinski definition) is 2. The topological polar surface area (TPSA) is 58.6 Å². The zero-order valence-corrected chi connectivity index (χ0v) is 11.8. The molecule has 5 heteroatoms. The summed E-state index contributed by atoms with van der Waals surface area (Å²) >= 11 is 1.51. The zero-order valence-electron chi connectivity index (χ0n) is 11.0.